The van der Waals surface area contributed by atoms with Gasteiger partial charge in [-0.2, -0.15) is 0 Å². The first-order chi connectivity index (χ1) is 7.66. The minimum absolute atomic E-state index is 0.275. The van der Waals surface area contributed by atoms with E-state index in [1.807, 2.05) is 5.38 Å². The third kappa shape index (κ3) is 3.54. The van der Waals surface area contributed by atoms with E-state index in [1.54, 1.807) is 5.51 Å². The normalized spacial score (nSPS) is 18.0. The van der Waals surface area contributed by atoms with E-state index in [1.165, 1.54) is 24.2 Å². The highest BCUT2D eigenvalue weighted by molar-refractivity contribution is 7.89. The van der Waals surface area contributed by atoms with Crippen molar-refractivity contribution < 1.29 is 8.42 Å². The van der Waals surface area contributed by atoms with E-state index in [0.717, 1.165) is 18.5 Å². The van der Waals surface area contributed by atoms with Crippen molar-refractivity contribution in [2.45, 2.75) is 32.2 Å². The van der Waals surface area contributed by atoms with Gasteiger partial charge < -0.3 is 0 Å². The zero-order chi connectivity index (χ0) is 11.4. The fourth-order valence-electron chi connectivity index (χ4n) is 2.05. The molecule has 1 saturated carbocycles. The number of rotatable bonds is 5. The summed E-state index contributed by atoms with van der Waals surface area (Å²) in [5, 5.41) is 1.86. The Hall–Kier alpha value is -0.460. The standard InChI is InChI=1S/C10H16N2O2S2/c13-16(14,7-9-3-1-2-4-9)12-5-10-6-15-8-11-10/h6,8-9,12H,1-5,7H2. The highest BCUT2D eigenvalue weighted by Crippen LogP contribution is 2.25. The molecule has 16 heavy (non-hydrogen) atoms. The minimum Gasteiger partial charge on any atom is -0.248 e. The van der Waals surface area contributed by atoms with E-state index in [2.05, 4.69) is 9.71 Å². The molecule has 0 bridgehead atoms. The number of hydrogen-bond donors (Lipinski definition) is 1. The van der Waals surface area contributed by atoms with Crippen LogP contribution >= 0.6 is 11.3 Å². The molecule has 2 rings (SSSR count). The van der Waals surface area contributed by atoms with Crippen LogP contribution in [0.3, 0.4) is 0 Å². The Morgan fingerprint density at radius 1 is 1.44 bits per heavy atom. The Labute approximate surface area is 100 Å². The molecule has 4 nitrogen and oxygen atoms in total. The maximum absolute atomic E-state index is 11.7. The molecule has 0 amide bonds. The summed E-state index contributed by atoms with van der Waals surface area (Å²) in [4.78, 5) is 4.04. The molecule has 1 heterocycles. The van der Waals surface area contributed by atoms with Crippen LogP contribution in [0.25, 0.3) is 0 Å². The highest BCUT2D eigenvalue weighted by atomic mass is 32.2. The minimum atomic E-state index is -3.13. The fraction of sp³-hybridized carbons (Fsp3) is 0.700. The lowest BCUT2D eigenvalue weighted by atomic mass is 10.1. The van der Waals surface area contributed by atoms with Crippen molar-refractivity contribution >= 4 is 21.4 Å². The van der Waals surface area contributed by atoms with E-state index in [0.29, 0.717) is 12.5 Å². The molecule has 90 valence electrons. The van der Waals surface area contributed by atoms with Crippen LogP contribution in [0, 0.1) is 5.92 Å². The fourth-order valence-corrected chi connectivity index (χ4v) is 4.05. The Bertz CT molecular complexity index is 408. The van der Waals surface area contributed by atoms with Crippen LogP contribution in [0.2, 0.25) is 0 Å². The van der Waals surface area contributed by atoms with E-state index in [-0.39, 0.29) is 5.75 Å². The van der Waals surface area contributed by atoms with Crippen LogP contribution in [-0.4, -0.2) is 19.2 Å². The lowest BCUT2D eigenvalue weighted by molar-refractivity contribution is 0.547. The molecule has 1 aromatic rings. The van der Waals surface area contributed by atoms with Gasteiger partial charge in [0.1, 0.15) is 0 Å². The summed E-state index contributed by atoms with van der Waals surface area (Å²) in [6, 6.07) is 0. The second-order valence-electron chi connectivity index (χ2n) is 4.23. The number of aromatic nitrogens is 1. The predicted molar refractivity (Wildman–Crippen MR) is 64.7 cm³/mol. The van der Waals surface area contributed by atoms with Gasteiger partial charge in [0, 0.05) is 5.38 Å². The molecule has 0 saturated heterocycles. The monoisotopic (exact) mass is 260 g/mol. The molecule has 0 radical (unpaired) electrons. The number of thiazole rings is 1. The first-order valence-electron chi connectivity index (χ1n) is 5.50. The van der Waals surface area contributed by atoms with Crippen molar-refractivity contribution in [2.75, 3.05) is 5.75 Å². The van der Waals surface area contributed by atoms with Crippen molar-refractivity contribution in [3.05, 3.63) is 16.6 Å². The van der Waals surface area contributed by atoms with Gasteiger partial charge in [-0.05, 0) is 18.8 Å². The molecule has 0 aromatic carbocycles. The van der Waals surface area contributed by atoms with Crippen molar-refractivity contribution in [1.82, 2.24) is 9.71 Å². The van der Waals surface area contributed by atoms with Gasteiger partial charge in [-0.15, -0.1) is 11.3 Å². The van der Waals surface area contributed by atoms with Gasteiger partial charge in [-0.1, -0.05) is 12.8 Å². The predicted octanol–water partition coefficient (Wildman–Crippen LogP) is 1.75. The summed E-state index contributed by atoms with van der Waals surface area (Å²) in [6.45, 7) is 0.318. The van der Waals surface area contributed by atoms with Crippen LogP contribution < -0.4 is 4.72 Å². The topological polar surface area (TPSA) is 59.1 Å². The molecule has 0 unspecified atom stereocenters. The van der Waals surface area contributed by atoms with Crippen molar-refractivity contribution in [3.63, 3.8) is 0 Å². The lowest BCUT2D eigenvalue weighted by Crippen LogP contribution is -2.28. The van der Waals surface area contributed by atoms with Crippen LogP contribution in [0.5, 0.6) is 0 Å². The lowest BCUT2D eigenvalue weighted by Gasteiger charge is -2.10. The molecule has 1 aliphatic carbocycles. The number of hydrogen-bond acceptors (Lipinski definition) is 4. The van der Waals surface area contributed by atoms with Crippen LogP contribution in [0.15, 0.2) is 10.9 Å². The van der Waals surface area contributed by atoms with Crippen molar-refractivity contribution in [2.24, 2.45) is 5.92 Å². The summed E-state index contributed by atoms with van der Waals surface area (Å²) >= 11 is 1.48. The molecule has 1 aromatic heterocycles. The molecular formula is C10H16N2O2S2. The smallest absolute Gasteiger partial charge is 0.212 e. The largest absolute Gasteiger partial charge is 0.248 e. The van der Waals surface area contributed by atoms with Gasteiger partial charge in [-0.3, -0.25) is 0 Å². The van der Waals surface area contributed by atoms with E-state index >= 15 is 0 Å². The zero-order valence-corrected chi connectivity index (χ0v) is 10.7. The summed E-state index contributed by atoms with van der Waals surface area (Å²) in [6.07, 6.45) is 4.45. The molecule has 1 fully saturated rings. The summed E-state index contributed by atoms with van der Waals surface area (Å²) in [5.74, 6) is 0.630. The zero-order valence-electron chi connectivity index (χ0n) is 9.05. The molecule has 1 aliphatic rings. The molecule has 1 N–H and O–H groups in total. The van der Waals surface area contributed by atoms with Crippen LogP contribution in [0.4, 0.5) is 0 Å². The Morgan fingerprint density at radius 3 is 2.81 bits per heavy atom. The third-order valence-corrected chi connectivity index (χ3v) is 5.02. The molecule has 0 atom stereocenters. The number of nitrogens with one attached hydrogen (secondary N) is 1. The summed E-state index contributed by atoms with van der Waals surface area (Å²) < 4.78 is 26.1. The quantitative estimate of drug-likeness (QED) is 0.877. The van der Waals surface area contributed by atoms with Crippen LogP contribution in [-0.2, 0) is 16.6 Å². The van der Waals surface area contributed by atoms with Gasteiger partial charge in [0.25, 0.3) is 0 Å². The van der Waals surface area contributed by atoms with Gasteiger partial charge in [0.2, 0.25) is 10.0 Å². The number of nitrogens with zero attached hydrogens (tertiary/aromatic N) is 1. The second-order valence-corrected chi connectivity index (χ2v) is 6.80. The van der Waals surface area contributed by atoms with Gasteiger partial charge in [0.05, 0.1) is 23.5 Å². The second kappa shape index (κ2) is 5.25. The average molecular weight is 260 g/mol. The van der Waals surface area contributed by atoms with E-state index < -0.39 is 10.0 Å². The Balaban J connectivity index is 1.82. The number of sulfonamides is 1. The first-order valence-corrected chi connectivity index (χ1v) is 8.09. The van der Waals surface area contributed by atoms with Crippen molar-refractivity contribution in [3.8, 4) is 0 Å². The van der Waals surface area contributed by atoms with E-state index in [4.69, 9.17) is 0 Å². The Kier molecular flexibility index (Phi) is 3.94. The summed E-state index contributed by atoms with van der Waals surface area (Å²) in [5.41, 5.74) is 2.50. The maximum Gasteiger partial charge on any atom is 0.212 e. The van der Waals surface area contributed by atoms with Gasteiger partial charge >= 0.3 is 0 Å². The van der Waals surface area contributed by atoms with Crippen LogP contribution in [0.1, 0.15) is 31.4 Å². The maximum atomic E-state index is 11.7. The van der Waals surface area contributed by atoms with E-state index in [9.17, 15) is 8.42 Å². The SMILES string of the molecule is O=S(=O)(CC1CCCC1)NCc1cscn1. The summed E-state index contributed by atoms with van der Waals surface area (Å²) in [7, 11) is -3.13. The molecule has 0 spiro atoms. The molecule has 6 heteroatoms. The Morgan fingerprint density at radius 2 is 2.19 bits per heavy atom. The average Bonchev–Trinajstić information content (AvgIpc) is 2.85. The van der Waals surface area contributed by atoms with Gasteiger partial charge in [-0.25, -0.2) is 18.1 Å². The first kappa shape index (κ1) is 12.0. The third-order valence-electron chi connectivity index (χ3n) is 2.89. The molecule has 0 aliphatic heterocycles. The van der Waals surface area contributed by atoms with Gasteiger partial charge in [0.15, 0.2) is 0 Å². The highest BCUT2D eigenvalue weighted by Gasteiger charge is 2.22. The molecular weight excluding hydrogens is 244 g/mol. The van der Waals surface area contributed by atoms with Crippen molar-refractivity contribution in [1.29, 1.82) is 0 Å².